The second kappa shape index (κ2) is 8.62. The van der Waals surface area contributed by atoms with Gasteiger partial charge in [0.25, 0.3) is 0 Å². The van der Waals surface area contributed by atoms with Gasteiger partial charge in [0, 0.05) is 37.6 Å². The molecule has 1 N–H and O–H groups in total. The Morgan fingerprint density at radius 2 is 1.72 bits per heavy atom. The van der Waals surface area contributed by atoms with Gasteiger partial charge in [-0.25, -0.2) is 0 Å². The monoisotopic (exact) mass is 351 g/mol. The molecule has 0 unspecified atom stereocenters. The molecule has 0 saturated carbocycles. The van der Waals surface area contributed by atoms with Gasteiger partial charge < -0.3 is 10.2 Å². The highest BCUT2D eigenvalue weighted by atomic mass is 19.4. The molecule has 1 amide bonds. The summed E-state index contributed by atoms with van der Waals surface area (Å²) in [4.78, 5) is 17.9. The second-order valence-electron chi connectivity index (χ2n) is 5.78. The molecule has 4 nitrogen and oxygen atoms in total. The van der Waals surface area contributed by atoms with E-state index < -0.39 is 11.7 Å². The van der Waals surface area contributed by atoms with E-state index in [0.717, 1.165) is 25.1 Å². The fourth-order valence-electron chi connectivity index (χ4n) is 2.24. The van der Waals surface area contributed by atoms with E-state index in [-0.39, 0.29) is 12.3 Å². The fourth-order valence-corrected chi connectivity index (χ4v) is 2.24. The lowest BCUT2D eigenvalue weighted by Gasteiger charge is -2.16. The number of benzene rings is 1. The van der Waals surface area contributed by atoms with Crippen molar-refractivity contribution in [1.82, 2.24) is 9.88 Å². The van der Waals surface area contributed by atoms with Gasteiger partial charge in [-0.2, -0.15) is 13.2 Å². The van der Waals surface area contributed by atoms with Crippen molar-refractivity contribution in [2.24, 2.45) is 0 Å². The minimum Gasteiger partial charge on any atom is -0.326 e. The average Bonchev–Trinajstić information content (AvgIpc) is 2.59. The van der Waals surface area contributed by atoms with Crippen molar-refractivity contribution in [2.75, 3.05) is 25.5 Å². The van der Waals surface area contributed by atoms with Crippen LogP contribution in [0.15, 0.2) is 48.8 Å². The standard InChI is InChI=1S/C18H20F3N3O/c1-24(12-8-14-6-10-22-11-7-14)13-9-17(25)23-16-4-2-15(3-5-16)18(19,20)21/h2-7,10-11H,8-9,12-13H2,1H3,(H,23,25). The number of hydrogen-bond donors (Lipinski definition) is 1. The van der Waals surface area contributed by atoms with Crippen molar-refractivity contribution in [1.29, 1.82) is 0 Å². The molecular formula is C18H20F3N3O. The summed E-state index contributed by atoms with van der Waals surface area (Å²) in [6.07, 6.45) is 0.243. The third-order valence-electron chi connectivity index (χ3n) is 3.75. The zero-order valence-electron chi connectivity index (χ0n) is 13.9. The third-order valence-corrected chi connectivity index (χ3v) is 3.75. The van der Waals surface area contributed by atoms with Gasteiger partial charge in [-0.05, 0) is 55.4 Å². The zero-order chi connectivity index (χ0) is 18.3. The molecule has 0 aliphatic carbocycles. The number of halogens is 3. The third kappa shape index (κ3) is 6.54. The van der Waals surface area contributed by atoms with Gasteiger partial charge in [0.1, 0.15) is 0 Å². The van der Waals surface area contributed by atoms with E-state index in [4.69, 9.17) is 0 Å². The predicted octanol–water partition coefficient (Wildman–Crippen LogP) is 3.60. The summed E-state index contributed by atoms with van der Waals surface area (Å²) >= 11 is 0. The number of nitrogens with zero attached hydrogens (tertiary/aromatic N) is 2. The number of alkyl halides is 3. The summed E-state index contributed by atoms with van der Waals surface area (Å²) in [6.45, 7) is 1.37. The van der Waals surface area contributed by atoms with Gasteiger partial charge in [-0.15, -0.1) is 0 Å². The lowest BCUT2D eigenvalue weighted by Crippen LogP contribution is -2.26. The van der Waals surface area contributed by atoms with Crippen molar-refractivity contribution in [3.63, 3.8) is 0 Å². The summed E-state index contributed by atoms with van der Waals surface area (Å²) in [5, 5.41) is 2.61. The Bertz CT molecular complexity index is 672. The molecule has 2 rings (SSSR count). The smallest absolute Gasteiger partial charge is 0.326 e. The lowest BCUT2D eigenvalue weighted by molar-refractivity contribution is -0.137. The van der Waals surface area contributed by atoms with Gasteiger partial charge in [-0.1, -0.05) is 0 Å². The fraction of sp³-hybridized carbons (Fsp3) is 0.333. The number of aromatic nitrogens is 1. The zero-order valence-corrected chi connectivity index (χ0v) is 13.9. The first-order valence-electron chi connectivity index (χ1n) is 7.89. The Balaban J connectivity index is 1.73. The van der Waals surface area contributed by atoms with Crippen LogP contribution in [0, 0.1) is 0 Å². The van der Waals surface area contributed by atoms with Crippen molar-refractivity contribution in [3.8, 4) is 0 Å². The Kier molecular flexibility index (Phi) is 6.52. The van der Waals surface area contributed by atoms with E-state index in [1.54, 1.807) is 12.4 Å². The molecule has 0 fully saturated rings. The summed E-state index contributed by atoms with van der Waals surface area (Å²) in [7, 11) is 1.92. The molecule has 1 aromatic carbocycles. The molecule has 25 heavy (non-hydrogen) atoms. The van der Waals surface area contributed by atoms with E-state index in [1.165, 1.54) is 17.7 Å². The number of hydrogen-bond acceptors (Lipinski definition) is 3. The second-order valence-corrected chi connectivity index (χ2v) is 5.78. The first-order valence-corrected chi connectivity index (χ1v) is 7.89. The van der Waals surface area contributed by atoms with Crippen LogP contribution in [0.3, 0.4) is 0 Å². The van der Waals surface area contributed by atoms with E-state index in [0.29, 0.717) is 12.2 Å². The van der Waals surface area contributed by atoms with Gasteiger partial charge in [0.05, 0.1) is 5.56 Å². The van der Waals surface area contributed by atoms with Crippen molar-refractivity contribution >= 4 is 11.6 Å². The van der Waals surface area contributed by atoms with Crippen molar-refractivity contribution < 1.29 is 18.0 Å². The summed E-state index contributed by atoms with van der Waals surface area (Å²) in [5.74, 6) is -0.226. The van der Waals surface area contributed by atoms with Crippen LogP contribution in [-0.2, 0) is 17.4 Å². The minimum absolute atomic E-state index is 0.226. The van der Waals surface area contributed by atoms with Gasteiger partial charge in [0.15, 0.2) is 0 Å². The number of rotatable bonds is 7. The topological polar surface area (TPSA) is 45.2 Å². The number of amides is 1. The van der Waals surface area contributed by atoms with Crippen molar-refractivity contribution in [2.45, 2.75) is 19.0 Å². The Hall–Kier alpha value is -2.41. The SMILES string of the molecule is CN(CCC(=O)Nc1ccc(C(F)(F)F)cc1)CCc1ccncc1. The van der Waals surface area contributed by atoms with E-state index >= 15 is 0 Å². The van der Waals surface area contributed by atoms with Crippen LogP contribution in [0.2, 0.25) is 0 Å². The Morgan fingerprint density at radius 1 is 1.08 bits per heavy atom. The van der Waals surface area contributed by atoms with Gasteiger partial charge >= 0.3 is 6.18 Å². The van der Waals surface area contributed by atoms with Crippen LogP contribution >= 0.6 is 0 Å². The summed E-state index contributed by atoms with van der Waals surface area (Å²) in [5.41, 5.74) is 0.801. The normalized spacial score (nSPS) is 11.6. The minimum atomic E-state index is -4.37. The maximum atomic E-state index is 12.5. The predicted molar refractivity (Wildman–Crippen MR) is 90.1 cm³/mol. The van der Waals surface area contributed by atoms with Crippen LogP contribution in [-0.4, -0.2) is 35.9 Å². The molecule has 0 spiro atoms. The average molecular weight is 351 g/mol. The van der Waals surface area contributed by atoms with E-state index in [1.807, 2.05) is 24.1 Å². The molecule has 0 radical (unpaired) electrons. The molecule has 2 aromatic rings. The number of pyridine rings is 1. The molecule has 1 heterocycles. The highest BCUT2D eigenvalue weighted by Gasteiger charge is 2.29. The Morgan fingerprint density at radius 3 is 2.32 bits per heavy atom. The number of likely N-dealkylation sites (N-methyl/N-ethyl adjacent to an activating group) is 1. The molecular weight excluding hydrogens is 331 g/mol. The lowest BCUT2D eigenvalue weighted by atomic mass is 10.2. The van der Waals surface area contributed by atoms with Crippen LogP contribution in [0.1, 0.15) is 17.5 Å². The van der Waals surface area contributed by atoms with Crippen LogP contribution < -0.4 is 5.32 Å². The molecule has 0 saturated heterocycles. The van der Waals surface area contributed by atoms with Crippen LogP contribution in [0.4, 0.5) is 18.9 Å². The van der Waals surface area contributed by atoms with E-state index in [2.05, 4.69) is 10.3 Å². The molecule has 0 aliphatic heterocycles. The Labute approximate surface area is 144 Å². The maximum absolute atomic E-state index is 12.5. The highest BCUT2D eigenvalue weighted by Crippen LogP contribution is 2.29. The van der Waals surface area contributed by atoms with Crippen molar-refractivity contribution in [3.05, 3.63) is 59.9 Å². The summed E-state index contributed by atoms with van der Waals surface area (Å²) < 4.78 is 37.5. The largest absolute Gasteiger partial charge is 0.416 e. The number of carbonyl (C=O) groups excluding carboxylic acids is 1. The van der Waals surface area contributed by atoms with Gasteiger partial charge in [-0.3, -0.25) is 9.78 Å². The maximum Gasteiger partial charge on any atom is 0.416 e. The number of carbonyl (C=O) groups is 1. The molecule has 0 atom stereocenters. The molecule has 1 aromatic heterocycles. The molecule has 7 heteroatoms. The first-order chi connectivity index (χ1) is 11.8. The highest BCUT2D eigenvalue weighted by molar-refractivity contribution is 5.90. The summed E-state index contributed by atoms with van der Waals surface area (Å²) in [6, 6.07) is 8.32. The molecule has 0 aliphatic rings. The van der Waals surface area contributed by atoms with Crippen LogP contribution in [0.25, 0.3) is 0 Å². The number of anilines is 1. The number of nitrogens with one attached hydrogen (secondary N) is 1. The molecule has 134 valence electrons. The first kappa shape index (κ1) is 18.9. The quantitative estimate of drug-likeness (QED) is 0.829. The molecule has 0 bridgehead atoms. The van der Waals surface area contributed by atoms with Crippen LogP contribution in [0.5, 0.6) is 0 Å². The van der Waals surface area contributed by atoms with E-state index in [9.17, 15) is 18.0 Å². The van der Waals surface area contributed by atoms with Gasteiger partial charge in [0.2, 0.25) is 5.91 Å².